The van der Waals surface area contributed by atoms with Gasteiger partial charge >= 0.3 is 12.1 Å². The van der Waals surface area contributed by atoms with Crippen LogP contribution in [-0.4, -0.2) is 78.6 Å². The molecule has 3 N–H and O–H groups in total. The van der Waals surface area contributed by atoms with Crippen LogP contribution in [-0.2, 0) is 37.1 Å². The van der Waals surface area contributed by atoms with Crippen LogP contribution in [0.2, 0.25) is 0 Å². The third-order valence-electron chi connectivity index (χ3n) is 8.45. The summed E-state index contributed by atoms with van der Waals surface area (Å²) in [5.74, 6) is -3.14. The highest BCUT2D eigenvalue weighted by molar-refractivity contribution is 8.03. The van der Waals surface area contributed by atoms with E-state index in [0.29, 0.717) is 16.0 Å². The first-order chi connectivity index (χ1) is 22.3. The minimum Gasteiger partial charge on any atom is -0.456 e. The highest BCUT2D eigenvalue weighted by Crippen LogP contribution is 2.52. The Morgan fingerprint density at radius 1 is 1.00 bits per heavy atom. The average Bonchev–Trinajstić information content (AvgIpc) is 3.56. The van der Waals surface area contributed by atoms with E-state index in [2.05, 4.69) is 0 Å². The Morgan fingerprint density at radius 2 is 1.53 bits per heavy atom. The fourth-order valence-electron chi connectivity index (χ4n) is 6.08. The van der Waals surface area contributed by atoms with E-state index >= 15 is 0 Å². The maximum absolute atomic E-state index is 13.5. The summed E-state index contributed by atoms with van der Waals surface area (Å²) < 4.78 is 10.9. The Balaban J connectivity index is 1.32. The first kappa shape index (κ1) is 33.3. The third kappa shape index (κ3) is 6.62. The fraction of sp³-hybridized carbons (Fsp3) is 0.400. The van der Waals surface area contributed by atoms with Crippen molar-refractivity contribution in [2.45, 2.75) is 56.9 Å². The number of aliphatic hydroxyl groups is 1. The number of hydrogen-bond acceptors (Lipinski definition) is 12. The van der Waals surface area contributed by atoms with E-state index in [4.69, 9.17) is 15.2 Å². The maximum Gasteiger partial charge on any atom is 0.410 e. The lowest BCUT2D eigenvalue weighted by atomic mass is 9.79. The van der Waals surface area contributed by atoms with Crippen LogP contribution in [0.4, 0.5) is 16.2 Å². The number of likely N-dealkylation sites (tertiary alicyclic amines) is 1. The summed E-state index contributed by atoms with van der Waals surface area (Å²) in [5.41, 5.74) is 6.37. The van der Waals surface area contributed by atoms with Gasteiger partial charge in [-0.2, -0.15) is 0 Å². The summed E-state index contributed by atoms with van der Waals surface area (Å²) in [7, 11) is 0. The summed E-state index contributed by atoms with van der Waals surface area (Å²) in [4.78, 5) is 75.8. The Bertz CT molecular complexity index is 1650. The molecule has 2 fully saturated rings. The van der Waals surface area contributed by atoms with Crippen molar-refractivity contribution in [2.24, 2.45) is 17.6 Å². The minimum absolute atomic E-state index is 0.00568. The molecule has 0 aromatic heterocycles. The third-order valence-corrected chi connectivity index (χ3v) is 9.94. The molecule has 2 saturated heterocycles. The van der Waals surface area contributed by atoms with Gasteiger partial charge in [0, 0.05) is 46.9 Å². The van der Waals surface area contributed by atoms with Crippen molar-refractivity contribution in [1.82, 2.24) is 9.80 Å². The quantitative estimate of drug-likeness (QED) is 0.152. The van der Waals surface area contributed by atoms with Gasteiger partial charge in [-0.05, 0) is 48.7 Å². The van der Waals surface area contributed by atoms with Crippen molar-refractivity contribution >= 4 is 47.0 Å². The van der Waals surface area contributed by atoms with E-state index in [-0.39, 0.29) is 43.3 Å². The number of fused-ring (bicyclic) bond motifs is 1. The Morgan fingerprint density at radius 3 is 2.02 bits per heavy atom. The van der Waals surface area contributed by atoms with Gasteiger partial charge in [0.1, 0.15) is 25.0 Å². The van der Waals surface area contributed by atoms with Gasteiger partial charge in [0.05, 0.1) is 27.9 Å². The minimum atomic E-state index is -1.02. The predicted molar refractivity (Wildman–Crippen MR) is 164 cm³/mol. The van der Waals surface area contributed by atoms with E-state index < -0.39 is 69.0 Å². The fourth-order valence-corrected chi connectivity index (χ4v) is 7.60. The summed E-state index contributed by atoms with van der Waals surface area (Å²) in [6.07, 6.45) is -1.66. The molecule has 3 aliphatic heterocycles. The van der Waals surface area contributed by atoms with E-state index in [1.165, 1.54) is 77.0 Å². The lowest BCUT2D eigenvalue weighted by Gasteiger charge is -2.46. The van der Waals surface area contributed by atoms with Gasteiger partial charge in [0.25, 0.3) is 11.4 Å². The van der Waals surface area contributed by atoms with Crippen LogP contribution in [0.1, 0.15) is 31.4 Å². The Hall–Kier alpha value is -5.03. The highest BCUT2D eigenvalue weighted by Gasteiger charge is 2.60. The van der Waals surface area contributed by atoms with Crippen molar-refractivity contribution in [3.8, 4) is 0 Å². The number of ether oxygens (including phenoxy) is 2. The number of carbonyl (C=O) groups is 4. The van der Waals surface area contributed by atoms with Crippen molar-refractivity contribution < 1.29 is 43.6 Å². The smallest absolute Gasteiger partial charge is 0.410 e. The molecule has 5 unspecified atom stereocenters. The molecule has 16 nitrogen and oxygen atoms in total. The van der Waals surface area contributed by atoms with Crippen molar-refractivity contribution in [1.29, 1.82) is 0 Å². The van der Waals surface area contributed by atoms with Crippen molar-refractivity contribution in [2.75, 3.05) is 6.54 Å². The normalized spacial score (nSPS) is 24.0. The lowest BCUT2D eigenvalue weighted by Crippen LogP contribution is -2.63. The highest BCUT2D eigenvalue weighted by atomic mass is 32.2. The standard InChI is InChI=1S/C30H31N5O11S/c1-15-24-23(16(2)36)28(38)33(24)25(29(39)45-13-17-3-7-19(8-4-17)34(41)42)26(15)47-21-11-22(27(31)37)32(12-21)30(40)46-14-18-5-9-20(10-6-18)35(43)44/h3-10,15-16,21-24,36H,11-14H2,1-2H3,(H2,31,37)/t15?,16?,21?,22?,23?,24-/m1/s1. The predicted octanol–water partition coefficient (Wildman–Crippen LogP) is 2.61. The first-order valence-electron chi connectivity index (χ1n) is 14.6. The number of β-lactam (4-membered cyclic amide) rings is 1. The molecule has 0 bridgehead atoms. The van der Waals surface area contributed by atoms with Crippen LogP contribution < -0.4 is 5.73 Å². The van der Waals surface area contributed by atoms with Gasteiger partial charge in [-0.25, -0.2) is 9.59 Å². The molecule has 2 aromatic carbocycles. The number of nitro groups is 2. The molecule has 0 aliphatic carbocycles. The number of nitrogens with two attached hydrogens (primary N) is 1. The van der Waals surface area contributed by atoms with E-state index in [1.807, 2.05) is 6.92 Å². The zero-order chi connectivity index (χ0) is 34.2. The topological polar surface area (TPSA) is 226 Å². The molecule has 6 atom stereocenters. The molecule has 3 aliphatic rings. The van der Waals surface area contributed by atoms with Crippen molar-refractivity contribution in [3.05, 3.63) is 90.5 Å². The van der Waals surface area contributed by atoms with Crippen LogP contribution in [0, 0.1) is 32.1 Å². The van der Waals surface area contributed by atoms with Gasteiger partial charge in [0.2, 0.25) is 11.8 Å². The summed E-state index contributed by atoms with van der Waals surface area (Å²) in [6, 6.07) is 9.37. The number of primary amides is 1. The van der Waals surface area contributed by atoms with Gasteiger partial charge in [-0.3, -0.25) is 34.7 Å². The Kier molecular flexibility index (Phi) is 9.48. The van der Waals surface area contributed by atoms with E-state index in [1.54, 1.807) is 0 Å². The molecule has 0 spiro atoms. The molecular weight excluding hydrogens is 638 g/mol. The number of esters is 1. The molecule has 17 heteroatoms. The van der Waals surface area contributed by atoms with Gasteiger partial charge in [0.15, 0.2) is 0 Å². The van der Waals surface area contributed by atoms with Crippen LogP contribution in [0.25, 0.3) is 0 Å². The molecule has 248 valence electrons. The number of amides is 3. The second kappa shape index (κ2) is 13.4. The summed E-state index contributed by atoms with van der Waals surface area (Å²) >= 11 is 1.22. The number of aliphatic hydroxyl groups excluding tert-OH is 1. The zero-order valence-electron chi connectivity index (χ0n) is 25.2. The molecule has 47 heavy (non-hydrogen) atoms. The second-order valence-electron chi connectivity index (χ2n) is 11.5. The number of carbonyl (C=O) groups excluding carboxylic acids is 4. The maximum atomic E-state index is 13.5. The number of nitro benzene ring substituents is 2. The van der Waals surface area contributed by atoms with Crippen LogP contribution in [0.3, 0.4) is 0 Å². The van der Waals surface area contributed by atoms with Gasteiger partial charge < -0.3 is 25.2 Å². The molecule has 3 heterocycles. The Labute approximate surface area is 271 Å². The van der Waals surface area contributed by atoms with Crippen LogP contribution in [0.5, 0.6) is 0 Å². The first-order valence-corrected chi connectivity index (χ1v) is 15.4. The number of nitrogens with zero attached hydrogens (tertiary/aromatic N) is 4. The van der Waals surface area contributed by atoms with Crippen molar-refractivity contribution in [3.63, 3.8) is 0 Å². The molecule has 3 amide bonds. The molecule has 2 aromatic rings. The van der Waals surface area contributed by atoms with E-state index in [9.17, 15) is 44.5 Å². The number of non-ortho nitro benzene ring substituents is 2. The summed E-state index contributed by atoms with van der Waals surface area (Å²) in [6.45, 7) is 2.91. The number of rotatable bonds is 11. The SMILES string of the molecule is CC(O)C1C(=O)N2C(C(=O)OCc3ccc([N+](=O)[O-])cc3)=C(SC3CC(C(N)=O)N(C(=O)OCc4ccc([N+](=O)[O-])cc4)C3)C(C)[C@H]12. The van der Waals surface area contributed by atoms with Crippen LogP contribution in [0.15, 0.2) is 59.1 Å². The average molecular weight is 670 g/mol. The summed E-state index contributed by atoms with van der Waals surface area (Å²) in [5, 5.41) is 31.7. The van der Waals surface area contributed by atoms with Crippen LogP contribution >= 0.6 is 11.8 Å². The molecular formula is C30H31N5O11S. The largest absolute Gasteiger partial charge is 0.456 e. The van der Waals surface area contributed by atoms with Gasteiger partial charge in [-0.1, -0.05) is 6.92 Å². The molecule has 0 saturated carbocycles. The lowest BCUT2D eigenvalue weighted by molar-refractivity contribution is -0.385. The zero-order valence-corrected chi connectivity index (χ0v) is 26.0. The molecule has 5 rings (SSSR count). The number of benzene rings is 2. The van der Waals surface area contributed by atoms with Gasteiger partial charge in [-0.15, -0.1) is 11.8 Å². The van der Waals surface area contributed by atoms with E-state index in [0.717, 1.165) is 0 Å². The molecule has 0 radical (unpaired) electrons. The monoisotopic (exact) mass is 669 g/mol. The number of thioether (sulfide) groups is 1. The number of hydrogen-bond donors (Lipinski definition) is 2. The second-order valence-corrected chi connectivity index (χ2v) is 12.8.